The van der Waals surface area contributed by atoms with Crippen molar-refractivity contribution in [1.82, 2.24) is 4.98 Å². The number of rotatable bonds is 4. The number of benzene rings is 1. The monoisotopic (exact) mass is 281 g/mol. The zero-order valence-electron chi connectivity index (χ0n) is 9.68. The lowest BCUT2D eigenvalue weighted by Gasteiger charge is -2.16. The summed E-state index contributed by atoms with van der Waals surface area (Å²) in [6.07, 6.45) is 1.75. The summed E-state index contributed by atoms with van der Waals surface area (Å²) in [4.78, 5) is 4.39. The second-order valence-electron chi connectivity index (χ2n) is 3.79. The fourth-order valence-electron chi connectivity index (χ4n) is 1.59. The zero-order valence-corrected chi connectivity index (χ0v) is 11.3. The van der Waals surface area contributed by atoms with Crippen molar-refractivity contribution < 1.29 is 4.39 Å². The maximum atomic E-state index is 13.2. The van der Waals surface area contributed by atoms with Crippen molar-refractivity contribution in [3.63, 3.8) is 0 Å². The molecule has 0 amide bonds. The number of thiazole rings is 1. The van der Waals surface area contributed by atoms with Gasteiger partial charge in [0.2, 0.25) is 0 Å². The van der Waals surface area contributed by atoms with Crippen LogP contribution in [-0.4, -0.2) is 9.97 Å². The minimum atomic E-state index is -0.356. The molecule has 0 spiro atoms. The van der Waals surface area contributed by atoms with Gasteiger partial charge in [0.15, 0.2) is 0 Å². The van der Waals surface area contributed by atoms with E-state index in [1.54, 1.807) is 23.6 Å². The first-order chi connectivity index (χ1) is 8.58. The quantitative estimate of drug-likeness (QED) is 0.846. The van der Waals surface area contributed by atoms with Crippen LogP contribution in [0.3, 0.4) is 0 Å². The lowest BCUT2D eigenvalue weighted by Crippen LogP contribution is -2.15. The van der Waals surface area contributed by atoms with Gasteiger partial charge in [-0.1, -0.05) is 12.2 Å². The number of aromatic nitrogens is 1. The van der Waals surface area contributed by atoms with Crippen LogP contribution in [0, 0.1) is 5.82 Å². The van der Waals surface area contributed by atoms with Gasteiger partial charge in [0.05, 0.1) is 6.04 Å². The predicted octanol–water partition coefficient (Wildman–Crippen LogP) is 3.09. The van der Waals surface area contributed by atoms with Crippen LogP contribution in [0.15, 0.2) is 29.8 Å². The molecule has 1 heterocycles. The van der Waals surface area contributed by atoms with E-state index in [0.29, 0.717) is 11.3 Å². The molecule has 18 heavy (non-hydrogen) atoms. The predicted molar refractivity (Wildman–Crippen MR) is 76.4 cm³/mol. The van der Waals surface area contributed by atoms with E-state index in [2.05, 4.69) is 10.3 Å². The fourth-order valence-corrected chi connectivity index (χ4v) is 2.40. The Morgan fingerprint density at radius 1 is 1.56 bits per heavy atom. The molecular formula is C12H12FN3S2. The average molecular weight is 281 g/mol. The molecule has 1 atom stereocenters. The summed E-state index contributed by atoms with van der Waals surface area (Å²) in [5.41, 5.74) is 6.81. The Morgan fingerprint density at radius 2 is 2.33 bits per heavy atom. The molecule has 1 aromatic heterocycles. The van der Waals surface area contributed by atoms with E-state index < -0.39 is 0 Å². The summed E-state index contributed by atoms with van der Waals surface area (Å²) in [6, 6.07) is 4.36. The smallest absolute Gasteiger partial charge is 0.124 e. The molecule has 0 aliphatic carbocycles. The van der Waals surface area contributed by atoms with Gasteiger partial charge in [0, 0.05) is 22.8 Å². The summed E-state index contributed by atoms with van der Waals surface area (Å²) in [7, 11) is 0. The summed E-state index contributed by atoms with van der Waals surface area (Å²) in [6.45, 7) is 1.98. The van der Waals surface area contributed by atoms with E-state index in [9.17, 15) is 4.39 Å². The number of halogens is 1. The van der Waals surface area contributed by atoms with Gasteiger partial charge in [-0.15, -0.1) is 11.3 Å². The van der Waals surface area contributed by atoms with E-state index in [4.69, 9.17) is 18.0 Å². The molecule has 2 aromatic rings. The molecule has 0 aliphatic heterocycles. The van der Waals surface area contributed by atoms with Crippen LogP contribution in [0.5, 0.6) is 0 Å². The highest BCUT2D eigenvalue weighted by molar-refractivity contribution is 7.80. The molecule has 1 aromatic carbocycles. The second kappa shape index (κ2) is 5.41. The van der Waals surface area contributed by atoms with E-state index in [0.717, 1.165) is 5.01 Å². The van der Waals surface area contributed by atoms with Crippen molar-refractivity contribution in [1.29, 1.82) is 0 Å². The highest BCUT2D eigenvalue weighted by Crippen LogP contribution is 2.24. The van der Waals surface area contributed by atoms with Gasteiger partial charge in [-0.25, -0.2) is 9.37 Å². The van der Waals surface area contributed by atoms with Crippen LogP contribution >= 0.6 is 23.6 Å². The van der Waals surface area contributed by atoms with Crippen LogP contribution in [0.25, 0.3) is 0 Å². The zero-order chi connectivity index (χ0) is 13.1. The molecule has 0 saturated carbocycles. The van der Waals surface area contributed by atoms with Gasteiger partial charge in [-0.05, 0) is 25.1 Å². The van der Waals surface area contributed by atoms with Gasteiger partial charge in [0.25, 0.3) is 0 Å². The Morgan fingerprint density at radius 3 is 2.94 bits per heavy atom. The molecule has 0 aliphatic rings. The lowest BCUT2D eigenvalue weighted by molar-refractivity contribution is 0.627. The maximum absolute atomic E-state index is 13.2. The number of hydrogen-bond acceptors (Lipinski definition) is 4. The van der Waals surface area contributed by atoms with Crippen LogP contribution in [0.1, 0.15) is 23.5 Å². The second-order valence-corrected chi connectivity index (χ2v) is 5.16. The molecule has 0 bridgehead atoms. The summed E-state index contributed by atoms with van der Waals surface area (Å²) in [5, 5.41) is 6.10. The molecule has 0 radical (unpaired) electrons. The minimum Gasteiger partial charge on any atom is -0.389 e. The molecule has 94 valence electrons. The number of hydrogen-bond donors (Lipinski definition) is 2. The summed E-state index contributed by atoms with van der Waals surface area (Å²) < 4.78 is 13.2. The van der Waals surface area contributed by atoms with Crippen LogP contribution in [-0.2, 0) is 0 Å². The van der Waals surface area contributed by atoms with E-state index in [1.807, 2.05) is 12.3 Å². The van der Waals surface area contributed by atoms with Crippen molar-refractivity contribution in [2.75, 3.05) is 5.32 Å². The van der Waals surface area contributed by atoms with E-state index >= 15 is 0 Å². The van der Waals surface area contributed by atoms with Crippen LogP contribution in [0.2, 0.25) is 0 Å². The number of thiocarbonyl (C=S) groups is 1. The van der Waals surface area contributed by atoms with Gasteiger partial charge in [-0.3, -0.25) is 0 Å². The van der Waals surface area contributed by atoms with Crippen molar-refractivity contribution in [2.45, 2.75) is 13.0 Å². The topological polar surface area (TPSA) is 50.9 Å². The van der Waals surface area contributed by atoms with Gasteiger partial charge in [-0.2, -0.15) is 0 Å². The van der Waals surface area contributed by atoms with Gasteiger partial charge < -0.3 is 11.1 Å². The first-order valence-electron chi connectivity index (χ1n) is 5.33. The van der Waals surface area contributed by atoms with Crippen molar-refractivity contribution in [3.8, 4) is 0 Å². The minimum absolute atomic E-state index is 0.0172. The largest absolute Gasteiger partial charge is 0.389 e. The Bertz CT molecular complexity index is 554. The first-order valence-corrected chi connectivity index (χ1v) is 6.62. The number of nitrogens with one attached hydrogen (secondary N) is 1. The third-order valence-electron chi connectivity index (χ3n) is 2.44. The third kappa shape index (κ3) is 2.83. The number of nitrogens with zero attached hydrogens (tertiary/aromatic N) is 1. The third-order valence-corrected chi connectivity index (χ3v) is 3.62. The van der Waals surface area contributed by atoms with Crippen molar-refractivity contribution >= 4 is 34.2 Å². The molecule has 6 heteroatoms. The van der Waals surface area contributed by atoms with E-state index in [-0.39, 0.29) is 16.8 Å². The lowest BCUT2D eigenvalue weighted by atomic mass is 10.1. The molecule has 2 rings (SSSR count). The van der Waals surface area contributed by atoms with Gasteiger partial charge in [0.1, 0.15) is 15.8 Å². The highest BCUT2D eigenvalue weighted by atomic mass is 32.1. The number of anilines is 1. The maximum Gasteiger partial charge on any atom is 0.124 e. The highest BCUT2D eigenvalue weighted by Gasteiger charge is 2.12. The SMILES string of the molecule is CC(Nc1ccc(F)cc1C(N)=S)c1nccs1. The molecule has 1 unspecified atom stereocenters. The van der Waals surface area contributed by atoms with Crippen LogP contribution in [0.4, 0.5) is 10.1 Å². The molecule has 0 saturated heterocycles. The summed E-state index contributed by atoms with van der Waals surface area (Å²) >= 11 is 6.48. The summed E-state index contributed by atoms with van der Waals surface area (Å²) in [5.74, 6) is -0.356. The molecular weight excluding hydrogens is 269 g/mol. The average Bonchev–Trinajstić information content (AvgIpc) is 2.84. The standard InChI is InChI=1S/C12H12FN3S2/c1-7(12-15-4-5-18-12)16-10-3-2-8(13)6-9(10)11(14)17/h2-7,16H,1H3,(H2,14,17). The molecule has 0 fully saturated rings. The van der Waals surface area contributed by atoms with Crippen LogP contribution < -0.4 is 11.1 Å². The normalized spacial score (nSPS) is 12.1. The van der Waals surface area contributed by atoms with Crippen molar-refractivity contribution in [2.24, 2.45) is 5.73 Å². The molecule has 3 N–H and O–H groups in total. The molecule has 3 nitrogen and oxygen atoms in total. The van der Waals surface area contributed by atoms with Crippen molar-refractivity contribution in [3.05, 3.63) is 46.2 Å². The van der Waals surface area contributed by atoms with E-state index in [1.165, 1.54) is 12.1 Å². The Hall–Kier alpha value is -1.53. The fraction of sp³-hybridized carbons (Fsp3) is 0.167. The Kier molecular flexibility index (Phi) is 3.88. The Balaban J connectivity index is 2.26. The first kappa shape index (κ1) is 12.9. The van der Waals surface area contributed by atoms with Gasteiger partial charge >= 0.3 is 0 Å². The number of nitrogens with two attached hydrogens (primary N) is 1. The Labute approximate surface area is 114 Å².